The summed E-state index contributed by atoms with van der Waals surface area (Å²) in [6.07, 6.45) is 17.8. The summed E-state index contributed by atoms with van der Waals surface area (Å²) >= 11 is 0. The largest absolute Gasteiger partial charge is 0.453 e. The van der Waals surface area contributed by atoms with Crippen LogP contribution in [-0.2, 0) is 10.8 Å². The van der Waals surface area contributed by atoms with Gasteiger partial charge in [-0.25, -0.2) is 0 Å². The van der Waals surface area contributed by atoms with E-state index in [9.17, 15) is 8.22 Å². The number of ether oxygens (including phenoxy) is 1. The van der Waals surface area contributed by atoms with Crippen LogP contribution in [0.4, 0.5) is 45.5 Å². The lowest BCUT2D eigenvalue weighted by Gasteiger charge is -2.53. The number of allylic oxidation sites excluding steroid dienone is 4. The lowest BCUT2D eigenvalue weighted by molar-refractivity contribution is 0.220. The highest BCUT2D eigenvalue weighted by molar-refractivity contribution is 7.00. The highest BCUT2D eigenvalue weighted by Gasteiger charge is 2.51. The lowest BCUT2D eigenvalue weighted by Crippen LogP contribution is -2.64. The molecule has 4 heterocycles. The zero-order valence-electron chi connectivity index (χ0n) is 66.2. The van der Waals surface area contributed by atoms with Crippen LogP contribution >= 0.6 is 0 Å². The SMILES string of the molecule is [2H]c1c([2H])c(-n2c3ccccc3c3cc(N4c5ccccc5Oc5ccccc54)ccc32)c([2H])c2c1B1c3c(cc(C(C)(C)C)cc3N(C3C(C4CC=CCC4)=CC(C(C)(C)C)CC3C3=CCCCC3)c3c([2H])c([2H])c(-c4ccccc4)c([2H])c31)N2c1c(-c2ccccc2)cc(C(C)(C)C)cc1-c1ccccc1. The molecule has 3 aliphatic carbocycles. The van der Waals surface area contributed by atoms with Gasteiger partial charge in [-0.2, -0.15) is 0 Å². The standard InChI is InChI=1S/C96H91BN4O/c1-94(2,3)68-54-74(63-33-17-11-18-34-63)92(75(55-68)64-35-19-12-20-36-64)100-83-51-47-67(62-31-15-10-16-32-62)53-80(83)97-79-50-48-72(98-81-42-26-25-41-73(81)78-60-71(49-52-82(78)98)99-84-43-27-29-45-89(84)102-90-46-30-28-44-85(90)99)61-86(79)101(88-59-70(96(7,8)9)58-87(100)91(88)97)93-76(65-37-21-13-22-38-65)56-69(95(4,5)6)57-77(93)66-39-23-14-24-40-66/h10-11,13-17,21-32,35,37-54,56-61,63,68,75,92H,12,18-20,33-34,36,55H2,1-9H3/i47D,48D,50D,51D,53D,61D. The van der Waals surface area contributed by atoms with Crippen LogP contribution in [0.3, 0.4) is 0 Å². The molecule has 18 rings (SSSR count). The predicted octanol–water partition coefficient (Wildman–Crippen LogP) is 24.5. The van der Waals surface area contributed by atoms with E-state index in [2.05, 4.69) is 239 Å². The Hall–Kier alpha value is -10.3. The first-order chi connectivity index (χ1) is 52.0. The van der Waals surface area contributed by atoms with E-state index < -0.39 is 12.1 Å². The van der Waals surface area contributed by atoms with Crippen molar-refractivity contribution in [2.24, 2.45) is 23.2 Å². The fourth-order valence-electron chi connectivity index (χ4n) is 17.7. The second-order valence-corrected chi connectivity index (χ2v) is 32.4. The van der Waals surface area contributed by atoms with Crippen molar-refractivity contribution < 1.29 is 13.0 Å². The Morgan fingerprint density at radius 2 is 1.12 bits per heavy atom. The zero-order chi connectivity index (χ0) is 74.6. The number of hydrogen-bond donors (Lipinski definition) is 0. The van der Waals surface area contributed by atoms with Crippen LogP contribution in [0, 0.1) is 23.2 Å². The Morgan fingerprint density at radius 1 is 0.490 bits per heavy atom. The number of nitrogens with zero attached hydrogens (tertiary/aromatic N) is 4. The monoisotopic (exact) mass is 1330 g/mol. The first-order valence-corrected chi connectivity index (χ1v) is 37.2. The van der Waals surface area contributed by atoms with Crippen molar-refractivity contribution in [3.8, 4) is 50.6 Å². The average molecular weight is 1330 g/mol. The van der Waals surface area contributed by atoms with Crippen molar-refractivity contribution >= 4 is 90.4 Å². The van der Waals surface area contributed by atoms with Crippen molar-refractivity contribution in [2.45, 2.75) is 131 Å². The lowest BCUT2D eigenvalue weighted by atomic mass is 9.33. The molecule has 1 aromatic heterocycles. The smallest absolute Gasteiger partial charge is 0.252 e. The van der Waals surface area contributed by atoms with E-state index in [1.54, 1.807) is 0 Å². The third-order valence-corrected chi connectivity index (χ3v) is 23.0. The van der Waals surface area contributed by atoms with Crippen LogP contribution < -0.4 is 35.8 Å². The Balaban J connectivity index is 1.02. The molecule has 3 aliphatic heterocycles. The molecule has 11 aromatic carbocycles. The zero-order valence-corrected chi connectivity index (χ0v) is 60.2. The molecule has 102 heavy (non-hydrogen) atoms. The van der Waals surface area contributed by atoms with E-state index in [4.69, 9.17) is 4.74 Å². The van der Waals surface area contributed by atoms with Gasteiger partial charge in [0.2, 0.25) is 0 Å². The van der Waals surface area contributed by atoms with Gasteiger partial charge in [0.1, 0.15) is 0 Å². The van der Waals surface area contributed by atoms with Crippen LogP contribution in [-0.4, -0.2) is 17.3 Å². The van der Waals surface area contributed by atoms with E-state index >= 15 is 0 Å². The predicted molar refractivity (Wildman–Crippen MR) is 433 cm³/mol. The maximum atomic E-state index is 11.9. The summed E-state index contributed by atoms with van der Waals surface area (Å²) in [7, 11) is 0. The second kappa shape index (κ2) is 24.8. The summed E-state index contributed by atoms with van der Waals surface area (Å²) in [4.78, 5) is 7.11. The molecule has 4 atom stereocenters. The summed E-state index contributed by atoms with van der Waals surface area (Å²) < 4.78 is 76.3. The molecular weight excluding hydrogens is 1240 g/mol. The van der Waals surface area contributed by atoms with Gasteiger partial charge < -0.3 is 24.0 Å². The van der Waals surface area contributed by atoms with Gasteiger partial charge in [0.05, 0.1) is 42.4 Å². The fraction of sp³-hybridized carbons (Fsp3) is 0.250. The number of fused-ring (bicyclic) bond motifs is 9. The molecule has 0 N–H and O–H groups in total. The molecular formula is C96H91BN4O. The van der Waals surface area contributed by atoms with Crippen LogP contribution in [0.15, 0.2) is 278 Å². The maximum Gasteiger partial charge on any atom is 0.252 e. The van der Waals surface area contributed by atoms with Crippen molar-refractivity contribution in [2.75, 3.05) is 14.7 Å². The van der Waals surface area contributed by atoms with E-state index in [-0.39, 0.29) is 76.6 Å². The van der Waals surface area contributed by atoms with Crippen LogP contribution in [0.25, 0.3) is 60.9 Å². The summed E-state index contributed by atoms with van der Waals surface area (Å²) in [6, 6.07) is 71.1. The Kier molecular flexibility index (Phi) is 13.9. The molecule has 0 saturated carbocycles. The van der Waals surface area contributed by atoms with Gasteiger partial charge in [-0.15, -0.1) is 0 Å². The normalized spacial score (nSPS) is 19.4. The maximum absolute atomic E-state index is 11.9. The Morgan fingerprint density at radius 3 is 1.76 bits per heavy atom. The molecule has 6 heteroatoms. The highest BCUT2D eigenvalue weighted by atomic mass is 16.5. The first-order valence-electron chi connectivity index (χ1n) is 40.2. The molecule has 0 spiro atoms. The van der Waals surface area contributed by atoms with Gasteiger partial charge in [0.25, 0.3) is 6.71 Å². The molecule has 504 valence electrons. The Labute approximate surface area is 612 Å². The van der Waals surface area contributed by atoms with Gasteiger partial charge in [0.15, 0.2) is 11.5 Å². The number of anilines is 8. The van der Waals surface area contributed by atoms with Gasteiger partial charge >= 0.3 is 0 Å². The van der Waals surface area contributed by atoms with Gasteiger partial charge in [0, 0.05) is 61.9 Å². The van der Waals surface area contributed by atoms with Crippen LogP contribution in [0.1, 0.15) is 133 Å². The molecule has 5 nitrogen and oxygen atoms in total. The van der Waals surface area contributed by atoms with E-state index in [1.165, 1.54) is 11.1 Å². The number of para-hydroxylation sites is 5. The van der Waals surface area contributed by atoms with Crippen LogP contribution in [0.5, 0.6) is 11.5 Å². The third-order valence-electron chi connectivity index (χ3n) is 23.0. The highest BCUT2D eigenvalue weighted by Crippen LogP contribution is 2.57. The molecule has 6 aliphatic rings. The van der Waals surface area contributed by atoms with E-state index in [0.717, 1.165) is 158 Å². The van der Waals surface area contributed by atoms with Crippen molar-refractivity contribution in [3.05, 3.63) is 289 Å². The molecule has 0 radical (unpaired) electrons. The summed E-state index contributed by atoms with van der Waals surface area (Å²) in [6.45, 7) is 19.9. The van der Waals surface area contributed by atoms with Gasteiger partial charge in [-0.05, 0) is 226 Å². The van der Waals surface area contributed by atoms with Crippen LogP contribution in [0.2, 0.25) is 0 Å². The molecule has 0 bridgehead atoms. The minimum atomic E-state index is -0.992. The van der Waals surface area contributed by atoms with Crippen molar-refractivity contribution in [1.29, 1.82) is 0 Å². The molecule has 0 fully saturated rings. The molecule has 0 saturated heterocycles. The quantitative estimate of drug-likeness (QED) is 0.106. The Bertz CT molecular complexity index is 5660. The topological polar surface area (TPSA) is 23.9 Å². The minimum Gasteiger partial charge on any atom is -0.453 e. The molecule has 0 amide bonds. The molecule has 4 unspecified atom stereocenters. The number of aromatic nitrogens is 1. The molecule has 12 aromatic rings. The van der Waals surface area contributed by atoms with E-state index in [1.807, 2.05) is 72.8 Å². The third kappa shape index (κ3) is 10.8. The fourth-order valence-corrected chi connectivity index (χ4v) is 17.7. The van der Waals surface area contributed by atoms with Crippen molar-refractivity contribution in [3.63, 3.8) is 0 Å². The summed E-state index contributed by atoms with van der Waals surface area (Å²) in [5, 5.41) is 1.83. The number of rotatable bonds is 9. The van der Waals surface area contributed by atoms with E-state index in [0.29, 0.717) is 33.4 Å². The van der Waals surface area contributed by atoms with Crippen molar-refractivity contribution in [1.82, 2.24) is 4.57 Å². The summed E-state index contributed by atoms with van der Waals surface area (Å²) in [5.41, 5.74) is 18.6. The first kappa shape index (κ1) is 57.3. The average Bonchev–Trinajstić information content (AvgIpc) is 0.712. The minimum absolute atomic E-state index is 0.00148. The van der Waals surface area contributed by atoms with Gasteiger partial charge in [-0.3, -0.25) is 0 Å². The number of hydrogen-bond acceptors (Lipinski definition) is 4. The second-order valence-electron chi connectivity index (χ2n) is 32.4. The van der Waals surface area contributed by atoms with Gasteiger partial charge in [-0.1, -0.05) is 244 Å². The summed E-state index contributed by atoms with van der Waals surface area (Å²) in [5.74, 6) is 1.89. The number of benzene rings is 11.